The van der Waals surface area contributed by atoms with Crippen LogP contribution in [0.1, 0.15) is 16.0 Å². The Morgan fingerprint density at radius 2 is 1.83 bits per heavy atom. The van der Waals surface area contributed by atoms with Crippen LogP contribution in [-0.2, 0) is 6.42 Å². The summed E-state index contributed by atoms with van der Waals surface area (Å²) in [5, 5.41) is 1.21. The van der Waals surface area contributed by atoms with Crippen LogP contribution in [0.3, 0.4) is 0 Å². The average molecular weight is 456 g/mol. The van der Waals surface area contributed by atoms with E-state index in [2.05, 4.69) is 62.8 Å². The monoisotopic (exact) mass is 454 g/mol. The van der Waals surface area contributed by atoms with E-state index < -0.39 is 0 Å². The van der Waals surface area contributed by atoms with Crippen LogP contribution >= 0.6 is 61.7 Å². The number of hydrogen-bond acceptors (Lipinski definition) is 0. The molecule has 18 heavy (non-hydrogen) atoms. The van der Waals surface area contributed by atoms with Gasteiger partial charge in [-0.15, -0.1) is 0 Å². The van der Waals surface area contributed by atoms with Crippen molar-refractivity contribution in [2.75, 3.05) is 0 Å². The van der Waals surface area contributed by atoms with Crippen molar-refractivity contribution in [2.45, 2.75) is 11.2 Å². The second-order valence-corrected chi connectivity index (χ2v) is 7.14. The molecule has 0 aliphatic rings. The third kappa shape index (κ3) is 3.86. The summed E-state index contributed by atoms with van der Waals surface area (Å²) in [6.07, 6.45) is 0.886. The molecule has 2 rings (SSSR count). The quantitative estimate of drug-likeness (QED) is 0.377. The standard InChI is InChI=1S/C14H10BrCl2I/c15-12(10-2-1-3-11(18)8-10)6-9-4-5-13(16)14(17)7-9/h1-5,7-8,12H,6H2. The van der Waals surface area contributed by atoms with Gasteiger partial charge in [0.2, 0.25) is 0 Å². The van der Waals surface area contributed by atoms with Gasteiger partial charge in [-0.2, -0.15) is 0 Å². The first-order chi connectivity index (χ1) is 8.56. The summed E-state index contributed by atoms with van der Waals surface area (Å²) < 4.78 is 1.24. The molecule has 94 valence electrons. The van der Waals surface area contributed by atoms with Crippen molar-refractivity contribution in [2.24, 2.45) is 0 Å². The SMILES string of the molecule is Clc1ccc(CC(Br)c2cccc(I)c2)cc1Cl. The summed E-state index contributed by atoms with van der Waals surface area (Å²) in [4.78, 5) is 0.282. The lowest BCUT2D eigenvalue weighted by atomic mass is 10.0. The molecule has 0 aliphatic heterocycles. The molecule has 0 saturated heterocycles. The van der Waals surface area contributed by atoms with Crippen LogP contribution in [0.2, 0.25) is 10.0 Å². The predicted molar refractivity (Wildman–Crippen MR) is 91.0 cm³/mol. The van der Waals surface area contributed by atoms with Crippen molar-refractivity contribution >= 4 is 61.7 Å². The van der Waals surface area contributed by atoms with Crippen molar-refractivity contribution in [3.8, 4) is 0 Å². The molecule has 0 aromatic heterocycles. The number of hydrogen-bond donors (Lipinski definition) is 0. The van der Waals surface area contributed by atoms with E-state index in [1.165, 1.54) is 14.7 Å². The van der Waals surface area contributed by atoms with Crippen LogP contribution in [0.15, 0.2) is 42.5 Å². The van der Waals surface area contributed by atoms with Crippen molar-refractivity contribution in [1.29, 1.82) is 0 Å². The largest absolute Gasteiger partial charge is 0.0835 e. The van der Waals surface area contributed by atoms with Crippen LogP contribution in [0.5, 0.6) is 0 Å². The number of benzene rings is 2. The maximum absolute atomic E-state index is 6.02. The molecule has 2 aromatic carbocycles. The third-order valence-electron chi connectivity index (χ3n) is 2.61. The molecule has 4 heteroatoms. The van der Waals surface area contributed by atoms with E-state index in [1.807, 2.05) is 18.2 Å². The number of alkyl halides is 1. The van der Waals surface area contributed by atoms with E-state index in [0.29, 0.717) is 10.0 Å². The summed E-state index contributed by atoms with van der Waals surface area (Å²) in [6.45, 7) is 0. The van der Waals surface area contributed by atoms with E-state index in [1.54, 1.807) is 0 Å². The lowest BCUT2D eigenvalue weighted by Gasteiger charge is -2.11. The highest BCUT2D eigenvalue weighted by molar-refractivity contribution is 14.1. The maximum atomic E-state index is 6.02. The van der Waals surface area contributed by atoms with Gasteiger partial charge >= 0.3 is 0 Å². The molecule has 0 aliphatic carbocycles. The van der Waals surface area contributed by atoms with E-state index >= 15 is 0 Å². The molecule has 0 heterocycles. The van der Waals surface area contributed by atoms with Gasteiger partial charge in [-0.1, -0.05) is 57.3 Å². The Hall–Kier alpha value is 0.230. The molecule has 2 aromatic rings. The van der Waals surface area contributed by atoms with Gasteiger partial charge in [-0.05, 0) is 64.4 Å². The minimum absolute atomic E-state index is 0.282. The predicted octanol–water partition coefficient (Wildman–Crippen LogP) is 6.28. The normalized spacial score (nSPS) is 12.4. The van der Waals surface area contributed by atoms with Crippen LogP contribution in [0.4, 0.5) is 0 Å². The molecule has 0 nitrogen and oxygen atoms in total. The highest BCUT2D eigenvalue weighted by atomic mass is 127. The second-order valence-electron chi connectivity index (χ2n) is 3.98. The Bertz CT molecular complexity index is 557. The molecule has 0 N–H and O–H groups in total. The average Bonchev–Trinajstić information content (AvgIpc) is 2.34. The van der Waals surface area contributed by atoms with Gasteiger partial charge in [0.25, 0.3) is 0 Å². The van der Waals surface area contributed by atoms with Gasteiger partial charge in [0.05, 0.1) is 10.0 Å². The van der Waals surface area contributed by atoms with Crippen LogP contribution in [-0.4, -0.2) is 0 Å². The number of halogens is 4. The Kier molecular flexibility index (Phi) is 5.36. The Balaban J connectivity index is 2.16. The lowest BCUT2D eigenvalue weighted by Crippen LogP contribution is -1.96. The molecule has 0 spiro atoms. The first-order valence-corrected chi connectivity index (χ1v) is 8.15. The van der Waals surface area contributed by atoms with Gasteiger partial charge in [-0.25, -0.2) is 0 Å². The molecular weight excluding hydrogens is 446 g/mol. The van der Waals surface area contributed by atoms with E-state index in [4.69, 9.17) is 23.2 Å². The minimum atomic E-state index is 0.282. The Morgan fingerprint density at radius 3 is 2.50 bits per heavy atom. The summed E-state index contributed by atoms with van der Waals surface area (Å²) in [5.74, 6) is 0. The Labute approximate surface area is 139 Å². The smallest absolute Gasteiger partial charge is 0.0595 e. The van der Waals surface area contributed by atoms with E-state index in [9.17, 15) is 0 Å². The maximum Gasteiger partial charge on any atom is 0.0595 e. The summed E-state index contributed by atoms with van der Waals surface area (Å²) in [6, 6.07) is 14.2. The third-order valence-corrected chi connectivity index (χ3v) is 4.87. The molecule has 0 radical (unpaired) electrons. The zero-order valence-electron chi connectivity index (χ0n) is 9.34. The second kappa shape index (κ2) is 6.60. The van der Waals surface area contributed by atoms with Gasteiger partial charge < -0.3 is 0 Å². The summed E-state index contributed by atoms with van der Waals surface area (Å²) in [7, 11) is 0. The first kappa shape index (κ1) is 14.6. The first-order valence-electron chi connectivity index (χ1n) is 5.40. The molecule has 1 atom stereocenters. The van der Waals surface area contributed by atoms with Gasteiger partial charge in [-0.3, -0.25) is 0 Å². The minimum Gasteiger partial charge on any atom is -0.0835 e. The van der Waals surface area contributed by atoms with Gasteiger partial charge in [0.1, 0.15) is 0 Å². The summed E-state index contributed by atoms with van der Waals surface area (Å²) in [5.41, 5.74) is 2.44. The van der Waals surface area contributed by atoms with Crippen molar-refractivity contribution in [3.63, 3.8) is 0 Å². The zero-order valence-corrected chi connectivity index (χ0v) is 14.6. The molecule has 0 fully saturated rings. The number of rotatable bonds is 3. The lowest BCUT2D eigenvalue weighted by molar-refractivity contribution is 0.948. The van der Waals surface area contributed by atoms with Crippen molar-refractivity contribution in [3.05, 3.63) is 67.2 Å². The molecule has 1 unspecified atom stereocenters. The van der Waals surface area contributed by atoms with E-state index in [-0.39, 0.29) is 4.83 Å². The van der Waals surface area contributed by atoms with Crippen molar-refractivity contribution in [1.82, 2.24) is 0 Å². The topological polar surface area (TPSA) is 0 Å². The van der Waals surface area contributed by atoms with Gasteiger partial charge in [0, 0.05) is 8.40 Å². The molecular formula is C14H10BrCl2I. The zero-order chi connectivity index (χ0) is 13.1. The van der Waals surface area contributed by atoms with Crippen LogP contribution < -0.4 is 0 Å². The van der Waals surface area contributed by atoms with Crippen LogP contribution in [0.25, 0.3) is 0 Å². The highest BCUT2D eigenvalue weighted by Crippen LogP contribution is 2.30. The fraction of sp³-hybridized carbons (Fsp3) is 0.143. The Morgan fingerprint density at radius 1 is 1.06 bits per heavy atom. The molecule has 0 bridgehead atoms. The highest BCUT2D eigenvalue weighted by Gasteiger charge is 2.10. The van der Waals surface area contributed by atoms with Crippen LogP contribution in [0, 0.1) is 3.57 Å². The fourth-order valence-electron chi connectivity index (χ4n) is 1.69. The van der Waals surface area contributed by atoms with Gasteiger partial charge in [0.15, 0.2) is 0 Å². The molecule has 0 saturated carbocycles. The molecule has 0 amide bonds. The van der Waals surface area contributed by atoms with E-state index in [0.717, 1.165) is 6.42 Å². The summed E-state index contributed by atoms with van der Waals surface area (Å²) >= 11 is 18.0. The van der Waals surface area contributed by atoms with Crippen molar-refractivity contribution < 1.29 is 0 Å². The fourth-order valence-corrected chi connectivity index (χ4v) is 3.24.